The van der Waals surface area contributed by atoms with Crippen molar-refractivity contribution < 1.29 is 14.6 Å². The molecule has 0 saturated heterocycles. The molecule has 0 atom stereocenters. The molecule has 0 bridgehead atoms. The third kappa shape index (κ3) is 6.99. The maximum atomic E-state index is 11.6. The predicted octanol–water partition coefficient (Wildman–Crippen LogP) is 2.89. The van der Waals surface area contributed by atoms with Crippen molar-refractivity contribution in [1.82, 2.24) is 5.32 Å². The molecule has 1 aromatic carbocycles. The summed E-state index contributed by atoms with van der Waals surface area (Å²) in [5.74, 6) is 0. The van der Waals surface area contributed by atoms with E-state index >= 15 is 0 Å². The molecule has 0 fully saturated rings. The van der Waals surface area contributed by atoms with Crippen LogP contribution < -0.4 is 10.6 Å². The molecule has 0 aliphatic rings. The molecule has 118 valence electrons. The zero-order chi connectivity index (χ0) is 16.1. The molecule has 5 nitrogen and oxygen atoms in total. The topological polar surface area (TPSA) is 70.6 Å². The summed E-state index contributed by atoms with van der Waals surface area (Å²) in [4.78, 5) is 11.6. The lowest BCUT2D eigenvalue weighted by Gasteiger charge is -2.25. The van der Waals surface area contributed by atoms with E-state index in [2.05, 4.69) is 10.6 Å². The number of aliphatic hydroxyl groups is 1. The minimum Gasteiger partial charge on any atom is -0.444 e. The molecule has 0 aromatic heterocycles. The van der Waals surface area contributed by atoms with E-state index in [0.717, 1.165) is 11.3 Å². The number of aliphatic hydroxyl groups excluding tert-OH is 1. The molecule has 1 amide bonds. The molecule has 21 heavy (non-hydrogen) atoms. The second kappa shape index (κ2) is 6.80. The van der Waals surface area contributed by atoms with Gasteiger partial charge in [0, 0.05) is 12.2 Å². The SMILES string of the molecule is CC(C)(CO)Nc1cccc(CNC(=O)OC(C)(C)C)c1. The van der Waals surface area contributed by atoms with Crippen LogP contribution in [0, 0.1) is 0 Å². The van der Waals surface area contributed by atoms with Crippen molar-refractivity contribution in [3.05, 3.63) is 29.8 Å². The first kappa shape index (κ1) is 17.3. The van der Waals surface area contributed by atoms with E-state index in [9.17, 15) is 9.90 Å². The average molecular weight is 294 g/mol. The van der Waals surface area contributed by atoms with Gasteiger partial charge in [0.05, 0.1) is 12.1 Å². The number of carbonyl (C=O) groups excluding carboxylic acids is 1. The lowest BCUT2D eigenvalue weighted by Crippen LogP contribution is -2.35. The summed E-state index contributed by atoms with van der Waals surface area (Å²) in [6, 6.07) is 7.69. The third-order valence-corrected chi connectivity index (χ3v) is 2.64. The van der Waals surface area contributed by atoms with Crippen molar-refractivity contribution in [2.45, 2.75) is 52.3 Å². The van der Waals surface area contributed by atoms with E-state index in [0.29, 0.717) is 6.54 Å². The maximum Gasteiger partial charge on any atom is 0.407 e. The van der Waals surface area contributed by atoms with Crippen LogP contribution in [-0.4, -0.2) is 28.9 Å². The Balaban J connectivity index is 2.59. The zero-order valence-corrected chi connectivity index (χ0v) is 13.5. The maximum absolute atomic E-state index is 11.6. The van der Waals surface area contributed by atoms with Crippen LogP contribution in [0.1, 0.15) is 40.2 Å². The lowest BCUT2D eigenvalue weighted by atomic mass is 10.1. The largest absolute Gasteiger partial charge is 0.444 e. The van der Waals surface area contributed by atoms with Crippen molar-refractivity contribution in [3.63, 3.8) is 0 Å². The van der Waals surface area contributed by atoms with Crippen molar-refractivity contribution >= 4 is 11.8 Å². The average Bonchev–Trinajstić information content (AvgIpc) is 2.34. The van der Waals surface area contributed by atoms with Gasteiger partial charge in [0.15, 0.2) is 0 Å². The lowest BCUT2D eigenvalue weighted by molar-refractivity contribution is 0.0523. The van der Waals surface area contributed by atoms with Crippen LogP contribution in [0.4, 0.5) is 10.5 Å². The Morgan fingerprint density at radius 1 is 1.24 bits per heavy atom. The highest BCUT2D eigenvalue weighted by atomic mass is 16.6. The van der Waals surface area contributed by atoms with Crippen molar-refractivity contribution in [2.24, 2.45) is 0 Å². The Labute approximate surface area is 126 Å². The first-order chi connectivity index (χ1) is 9.61. The number of anilines is 1. The summed E-state index contributed by atoms with van der Waals surface area (Å²) in [5, 5.41) is 15.2. The monoisotopic (exact) mass is 294 g/mol. The summed E-state index contributed by atoms with van der Waals surface area (Å²) >= 11 is 0. The molecule has 0 saturated carbocycles. The molecule has 0 aliphatic carbocycles. The molecule has 5 heteroatoms. The molecule has 1 rings (SSSR count). The van der Waals surface area contributed by atoms with E-state index < -0.39 is 17.2 Å². The fourth-order valence-corrected chi connectivity index (χ4v) is 1.68. The number of hydrogen-bond donors (Lipinski definition) is 3. The number of alkyl carbamates (subject to hydrolysis) is 1. The van der Waals surface area contributed by atoms with Gasteiger partial charge in [-0.15, -0.1) is 0 Å². The molecule has 0 unspecified atom stereocenters. The Bertz CT molecular complexity index is 479. The smallest absolute Gasteiger partial charge is 0.407 e. The first-order valence-electron chi connectivity index (χ1n) is 7.06. The minimum absolute atomic E-state index is 0.0351. The standard InChI is InChI=1S/C16H26N2O3/c1-15(2,3)21-14(20)17-10-12-7-6-8-13(9-12)18-16(4,5)11-19/h6-9,18-19H,10-11H2,1-5H3,(H,17,20). The summed E-state index contributed by atoms with van der Waals surface area (Å²) in [6.45, 7) is 9.74. The number of nitrogens with one attached hydrogen (secondary N) is 2. The number of amides is 1. The van der Waals surface area contributed by atoms with E-state index in [-0.39, 0.29) is 6.61 Å². The first-order valence-corrected chi connectivity index (χ1v) is 7.06. The summed E-state index contributed by atoms with van der Waals surface area (Å²) in [5.41, 5.74) is 0.965. The van der Waals surface area contributed by atoms with Gasteiger partial charge in [-0.1, -0.05) is 12.1 Å². The van der Waals surface area contributed by atoms with E-state index in [1.54, 1.807) is 0 Å². The van der Waals surface area contributed by atoms with Crippen LogP contribution in [0.2, 0.25) is 0 Å². The molecule has 0 radical (unpaired) electrons. The third-order valence-electron chi connectivity index (χ3n) is 2.64. The van der Waals surface area contributed by atoms with Crippen molar-refractivity contribution in [1.29, 1.82) is 0 Å². The number of benzene rings is 1. The van der Waals surface area contributed by atoms with Gasteiger partial charge in [0.25, 0.3) is 0 Å². The molecule has 3 N–H and O–H groups in total. The predicted molar refractivity (Wildman–Crippen MR) is 84.3 cm³/mol. The van der Waals surface area contributed by atoms with Gasteiger partial charge in [-0.3, -0.25) is 0 Å². The number of carbonyl (C=O) groups is 1. The van der Waals surface area contributed by atoms with Crippen molar-refractivity contribution in [2.75, 3.05) is 11.9 Å². The van der Waals surface area contributed by atoms with Crippen LogP contribution in [-0.2, 0) is 11.3 Å². The Morgan fingerprint density at radius 2 is 1.90 bits per heavy atom. The number of rotatable bonds is 5. The second-order valence-electron chi connectivity index (χ2n) is 6.72. The minimum atomic E-state index is -0.501. The molecular weight excluding hydrogens is 268 g/mol. The van der Waals surface area contributed by atoms with Gasteiger partial charge in [-0.05, 0) is 52.3 Å². The highest BCUT2D eigenvalue weighted by Gasteiger charge is 2.17. The Kier molecular flexibility index (Phi) is 5.61. The van der Waals surface area contributed by atoms with Gasteiger partial charge in [0.1, 0.15) is 5.60 Å². The van der Waals surface area contributed by atoms with Crippen LogP contribution in [0.3, 0.4) is 0 Å². The number of hydrogen-bond acceptors (Lipinski definition) is 4. The quantitative estimate of drug-likeness (QED) is 0.781. The Morgan fingerprint density at radius 3 is 2.48 bits per heavy atom. The van der Waals surface area contributed by atoms with E-state index in [1.165, 1.54) is 0 Å². The number of ether oxygens (including phenoxy) is 1. The fourth-order valence-electron chi connectivity index (χ4n) is 1.68. The van der Waals surface area contributed by atoms with Crippen LogP contribution >= 0.6 is 0 Å². The Hall–Kier alpha value is -1.75. The molecule has 0 aliphatic heterocycles. The fraction of sp³-hybridized carbons (Fsp3) is 0.562. The highest BCUT2D eigenvalue weighted by molar-refractivity contribution is 5.67. The highest BCUT2D eigenvalue weighted by Crippen LogP contribution is 2.16. The van der Waals surface area contributed by atoms with Gasteiger partial charge in [-0.25, -0.2) is 4.79 Å². The summed E-state index contributed by atoms with van der Waals surface area (Å²) in [7, 11) is 0. The summed E-state index contributed by atoms with van der Waals surface area (Å²) < 4.78 is 5.19. The second-order valence-corrected chi connectivity index (χ2v) is 6.72. The van der Waals surface area contributed by atoms with Crippen LogP contribution in [0.25, 0.3) is 0 Å². The van der Waals surface area contributed by atoms with Gasteiger partial charge in [0.2, 0.25) is 0 Å². The van der Waals surface area contributed by atoms with Crippen LogP contribution in [0.5, 0.6) is 0 Å². The van der Waals surface area contributed by atoms with E-state index in [1.807, 2.05) is 58.9 Å². The van der Waals surface area contributed by atoms with Gasteiger partial charge in [-0.2, -0.15) is 0 Å². The van der Waals surface area contributed by atoms with Gasteiger partial charge >= 0.3 is 6.09 Å². The normalized spacial score (nSPS) is 11.9. The van der Waals surface area contributed by atoms with Gasteiger partial charge < -0.3 is 20.5 Å². The zero-order valence-electron chi connectivity index (χ0n) is 13.5. The van der Waals surface area contributed by atoms with E-state index in [4.69, 9.17) is 4.74 Å². The molecule has 0 heterocycles. The van der Waals surface area contributed by atoms with Crippen LogP contribution in [0.15, 0.2) is 24.3 Å². The van der Waals surface area contributed by atoms with Crippen molar-refractivity contribution in [3.8, 4) is 0 Å². The summed E-state index contributed by atoms with van der Waals surface area (Å²) in [6.07, 6.45) is -0.434. The molecular formula is C16H26N2O3. The molecule has 0 spiro atoms. The molecule has 1 aromatic rings.